The summed E-state index contributed by atoms with van der Waals surface area (Å²) in [5.74, 6) is 0.824. The van der Waals surface area contributed by atoms with Crippen LogP contribution in [0.5, 0.6) is 0 Å². The number of nitrogens with one attached hydrogen (secondary N) is 1. The molecule has 0 heterocycles. The van der Waals surface area contributed by atoms with Gasteiger partial charge in [0.25, 0.3) is 0 Å². The van der Waals surface area contributed by atoms with E-state index >= 15 is 0 Å². The normalized spacial score (nSPS) is 13.1. The Bertz CT molecular complexity index is 339. The summed E-state index contributed by atoms with van der Waals surface area (Å²) >= 11 is 6.02. The summed E-state index contributed by atoms with van der Waals surface area (Å²) in [6.45, 7) is 5.34. The molecule has 0 radical (unpaired) electrons. The molecule has 0 aromatic heterocycles. The molecule has 0 spiro atoms. The molecule has 1 aromatic carbocycles. The van der Waals surface area contributed by atoms with Gasteiger partial charge >= 0.3 is 0 Å². The van der Waals surface area contributed by atoms with Crippen LogP contribution in [0.1, 0.15) is 19.4 Å². The minimum Gasteiger partial charge on any atom is -0.319 e. The Kier molecular flexibility index (Phi) is 5.23. The van der Waals surface area contributed by atoms with Gasteiger partial charge in [0, 0.05) is 5.02 Å². The molecule has 0 saturated heterocycles. The lowest BCUT2D eigenvalue weighted by Crippen LogP contribution is -2.25. The third kappa shape index (κ3) is 3.76. The van der Waals surface area contributed by atoms with Gasteiger partial charge in [-0.2, -0.15) is 0 Å². The summed E-state index contributed by atoms with van der Waals surface area (Å²) in [7, 11) is 1.95. The van der Waals surface area contributed by atoms with Crippen LogP contribution in [0.15, 0.2) is 18.2 Å². The minimum absolute atomic E-state index is 0.275. The number of benzene rings is 1. The van der Waals surface area contributed by atoms with E-state index in [0.717, 1.165) is 18.5 Å². The molecule has 0 fully saturated rings. The van der Waals surface area contributed by atoms with Crippen LogP contribution in [0.2, 0.25) is 5.02 Å². The summed E-state index contributed by atoms with van der Waals surface area (Å²) in [4.78, 5) is 0. The van der Waals surface area contributed by atoms with Gasteiger partial charge in [-0.1, -0.05) is 31.5 Å². The number of halogens is 2. The minimum atomic E-state index is -0.275. The quantitative estimate of drug-likeness (QED) is 0.835. The van der Waals surface area contributed by atoms with E-state index in [9.17, 15) is 4.39 Å². The highest BCUT2D eigenvalue weighted by molar-refractivity contribution is 6.31. The van der Waals surface area contributed by atoms with Crippen LogP contribution in [0.25, 0.3) is 0 Å². The van der Waals surface area contributed by atoms with Crippen molar-refractivity contribution in [3.8, 4) is 0 Å². The average Bonchev–Trinajstić information content (AvgIpc) is 2.20. The van der Waals surface area contributed by atoms with Gasteiger partial charge in [-0.05, 0) is 49.5 Å². The summed E-state index contributed by atoms with van der Waals surface area (Å²) in [6, 6.07) is 4.63. The Hall–Kier alpha value is -0.600. The highest BCUT2D eigenvalue weighted by Crippen LogP contribution is 2.23. The lowest BCUT2D eigenvalue weighted by Gasteiger charge is -2.21. The van der Waals surface area contributed by atoms with E-state index in [1.165, 1.54) is 12.1 Å². The molecule has 1 atom stereocenters. The molecular weight excluding hydrogens is 225 g/mol. The van der Waals surface area contributed by atoms with Gasteiger partial charge in [-0.3, -0.25) is 0 Å². The SMILES string of the molecule is CNCC(Cc1ccc(F)cc1Cl)C(C)C. The fourth-order valence-corrected chi connectivity index (χ4v) is 2.02. The molecule has 0 bridgehead atoms. The molecule has 0 aliphatic rings. The molecular formula is C13H19ClFN. The molecule has 16 heavy (non-hydrogen) atoms. The van der Waals surface area contributed by atoms with Crippen LogP contribution in [-0.2, 0) is 6.42 Å². The predicted octanol–water partition coefficient (Wildman–Crippen LogP) is 3.51. The van der Waals surface area contributed by atoms with Crippen LogP contribution < -0.4 is 5.32 Å². The van der Waals surface area contributed by atoms with E-state index in [1.807, 2.05) is 7.05 Å². The highest BCUT2D eigenvalue weighted by Gasteiger charge is 2.15. The Morgan fingerprint density at radius 1 is 1.38 bits per heavy atom. The van der Waals surface area contributed by atoms with Crippen LogP contribution in [0, 0.1) is 17.7 Å². The maximum absolute atomic E-state index is 12.9. The summed E-state index contributed by atoms with van der Waals surface area (Å²) in [6.07, 6.45) is 0.887. The van der Waals surface area contributed by atoms with Gasteiger partial charge in [0.05, 0.1) is 0 Å². The number of hydrogen-bond acceptors (Lipinski definition) is 1. The van der Waals surface area contributed by atoms with Crippen molar-refractivity contribution in [3.05, 3.63) is 34.6 Å². The average molecular weight is 244 g/mol. The van der Waals surface area contributed by atoms with Crippen molar-refractivity contribution >= 4 is 11.6 Å². The van der Waals surface area contributed by atoms with Gasteiger partial charge in [0.1, 0.15) is 5.82 Å². The lowest BCUT2D eigenvalue weighted by molar-refractivity contribution is 0.370. The van der Waals surface area contributed by atoms with Gasteiger partial charge in [0.15, 0.2) is 0 Å². The van der Waals surface area contributed by atoms with Crippen LogP contribution in [-0.4, -0.2) is 13.6 Å². The molecule has 90 valence electrons. The van der Waals surface area contributed by atoms with Crippen molar-refractivity contribution in [3.63, 3.8) is 0 Å². The molecule has 1 N–H and O–H groups in total. The first-order valence-electron chi connectivity index (χ1n) is 5.63. The summed E-state index contributed by atoms with van der Waals surface area (Å²) < 4.78 is 12.9. The molecule has 0 amide bonds. The Morgan fingerprint density at radius 2 is 2.06 bits per heavy atom. The standard InChI is InChI=1S/C13H19ClFN/c1-9(2)11(8-16-3)6-10-4-5-12(15)7-13(10)14/h4-5,7,9,11,16H,6,8H2,1-3H3. The second kappa shape index (κ2) is 6.21. The van der Waals surface area contributed by atoms with Crippen molar-refractivity contribution in [1.29, 1.82) is 0 Å². The number of rotatable bonds is 5. The third-order valence-corrected chi connectivity index (χ3v) is 3.26. The first-order valence-corrected chi connectivity index (χ1v) is 6.01. The van der Waals surface area contributed by atoms with Crippen LogP contribution in [0.3, 0.4) is 0 Å². The molecule has 0 aliphatic heterocycles. The van der Waals surface area contributed by atoms with Crippen molar-refractivity contribution in [2.75, 3.05) is 13.6 Å². The van der Waals surface area contributed by atoms with E-state index in [0.29, 0.717) is 16.9 Å². The van der Waals surface area contributed by atoms with Crippen molar-refractivity contribution in [2.24, 2.45) is 11.8 Å². The monoisotopic (exact) mass is 243 g/mol. The predicted molar refractivity (Wildman–Crippen MR) is 67.4 cm³/mol. The zero-order chi connectivity index (χ0) is 12.1. The Morgan fingerprint density at radius 3 is 2.56 bits per heavy atom. The smallest absolute Gasteiger partial charge is 0.124 e. The maximum atomic E-state index is 12.9. The van der Waals surface area contributed by atoms with Gasteiger partial charge in [-0.15, -0.1) is 0 Å². The van der Waals surface area contributed by atoms with Crippen molar-refractivity contribution < 1.29 is 4.39 Å². The lowest BCUT2D eigenvalue weighted by atomic mass is 9.89. The molecule has 3 heteroatoms. The molecule has 1 rings (SSSR count). The maximum Gasteiger partial charge on any atom is 0.124 e. The third-order valence-electron chi connectivity index (χ3n) is 2.91. The first-order chi connectivity index (χ1) is 7.54. The van der Waals surface area contributed by atoms with Gasteiger partial charge in [-0.25, -0.2) is 4.39 Å². The molecule has 0 saturated carbocycles. The second-order valence-electron chi connectivity index (χ2n) is 4.50. The topological polar surface area (TPSA) is 12.0 Å². The fraction of sp³-hybridized carbons (Fsp3) is 0.538. The van der Waals surface area contributed by atoms with E-state index in [4.69, 9.17) is 11.6 Å². The Labute approximate surface area is 102 Å². The largest absolute Gasteiger partial charge is 0.319 e. The zero-order valence-corrected chi connectivity index (χ0v) is 10.8. The van der Waals surface area contributed by atoms with Crippen LogP contribution >= 0.6 is 11.6 Å². The van der Waals surface area contributed by atoms with E-state index in [2.05, 4.69) is 19.2 Å². The van der Waals surface area contributed by atoms with E-state index in [1.54, 1.807) is 6.07 Å². The Balaban J connectivity index is 2.77. The highest BCUT2D eigenvalue weighted by atomic mass is 35.5. The van der Waals surface area contributed by atoms with E-state index in [-0.39, 0.29) is 5.82 Å². The molecule has 0 aliphatic carbocycles. The summed E-state index contributed by atoms with van der Waals surface area (Å²) in [5.41, 5.74) is 1.03. The van der Waals surface area contributed by atoms with Crippen LogP contribution in [0.4, 0.5) is 4.39 Å². The number of hydrogen-bond donors (Lipinski definition) is 1. The molecule has 1 nitrogen and oxygen atoms in total. The summed E-state index contributed by atoms with van der Waals surface area (Å²) in [5, 5.41) is 3.71. The van der Waals surface area contributed by atoms with Crippen molar-refractivity contribution in [2.45, 2.75) is 20.3 Å². The van der Waals surface area contributed by atoms with E-state index < -0.39 is 0 Å². The fourth-order valence-electron chi connectivity index (χ4n) is 1.78. The zero-order valence-electron chi connectivity index (χ0n) is 10.1. The molecule has 1 unspecified atom stereocenters. The van der Waals surface area contributed by atoms with Gasteiger partial charge < -0.3 is 5.32 Å². The second-order valence-corrected chi connectivity index (χ2v) is 4.91. The van der Waals surface area contributed by atoms with Crippen molar-refractivity contribution in [1.82, 2.24) is 5.32 Å². The first kappa shape index (κ1) is 13.5. The van der Waals surface area contributed by atoms with Gasteiger partial charge in [0.2, 0.25) is 0 Å². The molecule has 1 aromatic rings.